The molecule has 1 aliphatic rings. The number of alkyl halides is 1. The van der Waals surface area contributed by atoms with Gasteiger partial charge in [0.25, 0.3) is 0 Å². The molecule has 2 amide bonds. The SMILES string of the molecule is CC1(C)CC(C(NC(=O)CBr)C(N)=O)C(C)(C)N1[O-]. The maximum atomic E-state index is 12.3. The molecule has 0 bridgehead atoms. The van der Waals surface area contributed by atoms with Crippen molar-refractivity contribution < 1.29 is 9.59 Å². The lowest BCUT2D eigenvalue weighted by Crippen LogP contribution is -2.56. The number of carbonyl (C=O) groups is 2. The molecule has 1 fully saturated rings. The molecule has 1 rings (SSSR count). The number of halogens is 1. The van der Waals surface area contributed by atoms with E-state index < -0.39 is 23.0 Å². The average molecular weight is 335 g/mol. The normalized spacial score (nSPS) is 26.9. The molecule has 0 aromatic carbocycles. The van der Waals surface area contributed by atoms with Gasteiger partial charge >= 0.3 is 0 Å². The third-order valence-electron chi connectivity index (χ3n) is 3.85. The molecule has 0 radical (unpaired) electrons. The van der Waals surface area contributed by atoms with E-state index in [-0.39, 0.29) is 17.2 Å². The minimum absolute atomic E-state index is 0.0917. The highest BCUT2D eigenvalue weighted by Gasteiger charge is 2.51. The summed E-state index contributed by atoms with van der Waals surface area (Å²) in [5, 5.41) is 16.0. The van der Waals surface area contributed by atoms with Gasteiger partial charge < -0.3 is 21.3 Å². The number of hydroxylamine groups is 2. The largest absolute Gasteiger partial charge is 0.784 e. The number of nitrogens with zero attached hydrogens (tertiary/aromatic N) is 1. The molecule has 2 atom stereocenters. The molecule has 0 aliphatic carbocycles. The van der Waals surface area contributed by atoms with E-state index >= 15 is 0 Å². The highest BCUT2D eigenvalue weighted by Crippen LogP contribution is 2.45. The predicted octanol–water partition coefficient (Wildman–Crippen LogP) is 0.728. The molecule has 0 aromatic heterocycles. The van der Waals surface area contributed by atoms with E-state index in [1.165, 1.54) is 0 Å². The summed E-state index contributed by atoms with van der Waals surface area (Å²) in [6.07, 6.45) is 0.500. The lowest BCUT2D eigenvalue weighted by Gasteiger charge is -2.48. The first-order chi connectivity index (χ1) is 8.54. The van der Waals surface area contributed by atoms with Gasteiger partial charge in [0.2, 0.25) is 11.8 Å². The second-order valence-electron chi connectivity index (χ2n) is 6.15. The molecular weight excluding hydrogens is 314 g/mol. The molecule has 3 N–H and O–H groups in total. The van der Waals surface area contributed by atoms with Gasteiger partial charge in [0.05, 0.1) is 5.33 Å². The van der Waals surface area contributed by atoms with Crippen LogP contribution in [-0.2, 0) is 9.59 Å². The minimum Gasteiger partial charge on any atom is -0.784 e. The Bertz CT molecular complexity index is 384. The zero-order chi connectivity index (χ0) is 15.0. The van der Waals surface area contributed by atoms with Gasteiger partial charge in [-0.05, 0) is 34.1 Å². The zero-order valence-electron chi connectivity index (χ0n) is 11.7. The third-order valence-corrected chi connectivity index (χ3v) is 4.36. The standard InChI is InChI=1S/C12H21BrN3O3/c1-11(2)5-7(12(3,4)16(11)19)9(10(14)18)15-8(17)6-13/h7,9H,5-6H2,1-4H3,(H2,14,18)(H,15,17)/q-1. The van der Waals surface area contributed by atoms with Gasteiger partial charge in [0.15, 0.2) is 0 Å². The number of nitrogens with two attached hydrogens (primary N) is 1. The van der Waals surface area contributed by atoms with E-state index in [1.54, 1.807) is 13.8 Å². The van der Waals surface area contributed by atoms with Crippen molar-refractivity contribution in [2.75, 3.05) is 5.33 Å². The fourth-order valence-electron chi connectivity index (χ4n) is 2.91. The zero-order valence-corrected chi connectivity index (χ0v) is 13.3. The first-order valence-electron chi connectivity index (χ1n) is 6.16. The number of primary amides is 1. The van der Waals surface area contributed by atoms with Crippen LogP contribution < -0.4 is 11.1 Å². The number of carbonyl (C=O) groups excluding carboxylic acids is 2. The van der Waals surface area contributed by atoms with Gasteiger partial charge in [-0.3, -0.25) is 9.59 Å². The summed E-state index contributed by atoms with van der Waals surface area (Å²) >= 11 is 3.03. The Morgan fingerprint density at radius 2 is 2.00 bits per heavy atom. The van der Waals surface area contributed by atoms with Crippen molar-refractivity contribution in [3.05, 3.63) is 5.21 Å². The summed E-state index contributed by atoms with van der Waals surface area (Å²) < 4.78 is 0. The van der Waals surface area contributed by atoms with Crippen molar-refractivity contribution in [3.63, 3.8) is 0 Å². The first kappa shape index (κ1) is 16.4. The Kier molecular flexibility index (Phi) is 4.64. The van der Waals surface area contributed by atoms with Crippen LogP contribution in [0.3, 0.4) is 0 Å². The Morgan fingerprint density at radius 1 is 1.47 bits per heavy atom. The molecule has 1 heterocycles. The maximum absolute atomic E-state index is 12.3. The third kappa shape index (κ3) is 3.09. The van der Waals surface area contributed by atoms with Gasteiger partial charge in [-0.2, -0.15) is 0 Å². The summed E-state index contributed by atoms with van der Waals surface area (Å²) in [6, 6.07) is -0.835. The van der Waals surface area contributed by atoms with Crippen molar-refractivity contribution in [2.24, 2.45) is 11.7 Å². The smallest absolute Gasteiger partial charge is 0.240 e. The van der Waals surface area contributed by atoms with E-state index in [0.717, 1.165) is 5.06 Å². The molecule has 0 spiro atoms. The Balaban J connectivity index is 3.04. The van der Waals surface area contributed by atoms with Crippen LogP contribution >= 0.6 is 15.9 Å². The molecule has 6 nitrogen and oxygen atoms in total. The van der Waals surface area contributed by atoms with E-state index in [4.69, 9.17) is 5.73 Å². The summed E-state index contributed by atoms with van der Waals surface area (Å²) in [5.74, 6) is -1.25. The summed E-state index contributed by atoms with van der Waals surface area (Å²) in [6.45, 7) is 7.20. The van der Waals surface area contributed by atoms with Crippen LogP contribution in [0.2, 0.25) is 0 Å². The van der Waals surface area contributed by atoms with Gasteiger partial charge in [-0.25, -0.2) is 0 Å². The molecule has 1 aliphatic heterocycles. The summed E-state index contributed by atoms with van der Waals surface area (Å²) in [7, 11) is 0. The number of hydrogen-bond acceptors (Lipinski definition) is 4. The first-order valence-corrected chi connectivity index (χ1v) is 7.28. The van der Waals surface area contributed by atoms with E-state index in [1.807, 2.05) is 13.8 Å². The Labute approximate surface area is 121 Å². The Hall–Kier alpha value is -0.660. The monoisotopic (exact) mass is 334 g/mol. The van der Waals surface area contributed by atoms with Gasteiger partial charge in [0.1, 0.15) is 6.04 Å². The predicted molar refractivity (Wildman–Crippen MR) is 76.4 cm³/mol. The van der Waals surface area contributed by atoms with Crippen LogP contribution in [0.4, 0.5) is 0 Å². The highest BCUT2D eigenvalue weighted by molar-refractivity contribution is 9.09. The molecule has 19 heavy (non-hydrogen) atoms. The molecule has 0 aromatic rings. The van der Waals surface area contributed by atoms with E-state index in [0.29, 0.717) is 6.42 Å². The van der Waals surface area contributed by atoms with Gasteiger partial charge in [0, 0.05) is 17.0 Å². The van der Waals surface area contributed by atoms with Gasteiger partial charge in [-0.1, -0.05) is 15.9 Å². The lowest BCUT2D eigenvalue weighted by atomic mass is 9.81. The number of rotatable bonds is 4. The highest BCUT2D eigenvalue weighted by atomic mass is 79.9. The molecule has 7 heteroatoms. The summed E-state index contributed by atoms with van der Waals surface area (Å²) in [5.41, 5.74) is 4.04. The minimum atomic E-state index is -0.835. The van der Waals surface area contributed by atoms with Crippen molar-refractivity contribution in [3.8, 4) is 0 Å². The van der Waals surface area contributed by atoms with Crippen molar-refractivity contribution in [1.29, 1.82) is 0 Å². The quantitative estimate of drug-likeness (QED) is 0.740. The van der Waals surface area contributed by atoms with Crippen LogP contribution in [0, 0.1) is 11.1 Å². The van der Waals surface area contributed by atoms with Crippen molar-refractivity contribution in [1.82, 2.24) is 10.4 Å². The van der Waals surface area contributed by atoms with Crippen LogP contribution in [-0.4, -0.2) is 39.3 Å². The number of hydrogen-bond donors (Lipinski definition) is 2. The van der Waals surface area contributed by atoms with Crippen LogP contribution in [0.25, 0.3) is 0 Å². The molecule has 1 saturated heterocycles. The fourth-order valence-corrected chi connectivity index (χ4v) is 3.07. The molecular formula is C12H21BrN3O3-. The van der Waals surface area contributed by atoms with E-state index in [2.05, 4.69) is 21.2 Å². The molecule has 2 unspecified atom stereocenters. The Morgan fingerprint density at radius 3 is 2.32 bits per heavy atom. The van der Waals surface area contributed by atoms with Crippen LogP contribution in [0.5, 0.6) is 0 Å². The van der Waals surface area contributed by atoms with Crippen LogP contribution in [0.1, 0.15) is 34.1 Å². The van der Waals surface area contributed by atoms with Crippen molar-refractivity contribution in [2.45, 2.75) is 51.2 Å². The molecule has 110 valence electrons. The number of nitrogens with one attached hydrogen (secondary N) is 1. The fraction of sp³-hybridized carbons (Fsp3) is 0.833. The van der Waals surface area contributed by atoms with E-state index in [9.17, 15) is 14.8 Å². The molecule has 0 saturated carbocycles. The number of amides is 2. The average Bonchev–Trinajstić information content (AvgIpc) is 2.46. The second kappa shape index (κ2) is 5.38. The van der Waals surface area contributed by atoms with Crippen molar-refractivity contribution >= 4 is 27.7 Å². The second-order valence-corrected chi connectivity index (χ2v) is 6.71. The van der Waals surface area contributed by atoms with Crippen LogP contribution in [0.15, 0.2) is 0 Å². The topological polar surface area (TPSA) is 98.5 Å². The maximum Gasteiger partial charge on any atom is 0.240 e. The lowest BCUT2D eigenvalue weighted by molar-refractivity contribution is -0.127. The van der Waals surface area contributed by atoms with Gasteiger partial charge in [-0.15, -0.1) is 0 Å². The summed E-state index contributed by atoms with van der Waals surface area (Å²) in [4.78, 5) is 23.1.